The Hall–Kier alpha value is -2.80. The van der Waals surface area contributed by atoms with Crippen LogP contribution in [0.2, 0.25) is 0 Å². The SMILES string of the molecule is O=C(C[C@@H]1Sc2ccccc2NC1=O)OCC(=O)N1CCc2ccccc2C1. The Morgan fingerprint density at radius 3 is 2.71 bits per heavy atom. The molecule has 2 aromatic rings. The minimum absolute atomic E-state index is 0.0685. The number of amides is 2. The van der Waals surface area contributed by atoms with Gasteiger partial charge in [-0.15, -0.1) is 11.8 Å². The molecule has 2 aliphatic heterocycles. The molecule has 6 nitrogen and oxygen atoms in total. The summed E-state index contributed by atoms with van der Waals surface area (Å²) in [5.41, 5.74) is 3.13. The van der Waals surface area contributed by atoms with E-state index in [1.807, 2.05) is 42.5 Å². The smallest absolute Gasteiger partial charge is 0.307 e. The largest absolute Gasteiger partial charge is 0.456 e. The third-order valence-electron chi connectivity index (χ3n) is 4.90. The molecule has 0 radical (unpaired) electrons. The molecule has 2 amide bonds. The molecule has 0 aliphatic carbocycles. The summed E-state index contributed by atoms with van der Waals surface area (Å²) in [6.45, 7) is 0.853. The van der Waals surface area contributed by atoms with Gasteiger partial charge in [0.2, 0.25) is 5.91 Å². The van der Waals surface area contributed by atoms with Crippen molar-refractivity contribution in [2.24, 2.45) is 0 Å². The van der Waals surface area contributed by atoms with E-state index in [1.165, 1.54) is 17.3 Å². The van der Waals surface area contributed by atoms with Crippen LogP contribution in [0.25, 0.3) is 0 Å². The maximum absolute atomic E-state index is 12.4. The minimum Gasteiger partial charge on any atom is -0.456 e. The highest BCUT2D eigenvalue weighted by Gasteiger charge is 2.30. The fraction of sp³-hybridized carbons (Fsp3) is 0.286. The average Bonchev–Trinajstić information content (AvgIpc) is 2.72. The number of esters is 1. The van der Waals surface area contributed by atoms with Crippen molar-refractivity contribution in [2.45, 2.75) is 29.5 Å². The molecular weight excluding hydrogens is 376 g/mol. The molecule has 0 fully saturated rings. The Morgan fingerprint density at radius 2 is 1.86 bits per heavy atom. The van der Waals surface area contributed by atoms with Gasteiger partial charge in [-0.3, -0.25) is 14.4 Å². The van der Waals surface area contributed by atoms with Gasteiger partial charge < -0.3 is 15.0 Å². The predicted octanol–water partition coefficient (Wildman–Crippen LogP) is 2.62. The van der Waals surface area contributed by atoms with Crippen LogP contribution < -0.4 is 5.32 Å². The summed E-state index contributed by atoms with van der Waals surface area (Å²) in [4.78, 5) is 39.4. The van der Waals surface area contributed by atoms with E-state index in [9.17, 15) is 14.4 Å². The van der Waals surface area contributed by atoms with E-state index in [2.05, 4.69) is 11.4 Å². The number of benzene rings is 2. The van der Waals surface area contributed by atoms with Crippen LogP contribution in [0.4, 0.5) is 5.69 Å². The zero-order chi connectivity index (χ0) is 19.5. The lowest BCUT2D eigenvalue weighted by molar-refractivity contribution is -0.152. The van der Waals surface area contributed by atoms with E-state index >= 15 is 0 Å². The van der Waals surface area contributed by atoms with Crippen LogP contribution in [0.15, 0.2) is 53.4 Å². The lowest BCUT2D eigenvalue weighted by atomic mass is 10.00. The normalized spacial score (nSPS) is 17.9. The van der Waals surface area contributed by atoms with Gasteiger partial charge in [-0.05, 0) is 29.7 Å². The standard InChI is InChI=1S/C21H20N2O4S/c24-19(23-10-9-14-5-1-2-6-15(14)12-23)13-27-20(25)11-18-21(26)22-16-7-3-4-8-17(16)28-18/h1-8,18H,9-13H2,(H,22,26)/t18-/m0/s1. The second-order valence-electron chi connectivity index (χ2n) is 6.79. The third-order valence-corrected chi connectivity index (χ3v) is 6.17. The molecule has 0 bridgehead atoms. The molecule has 0 aromatic heterocycles. The number of carbonyl (C=O) groups excluding carboxylic acids is 3. The monoisotopic (exact) mass is 396 g/mol. The van der Waals surface area contributed by atoms with E-state index in [-0.39, 0.29) is 24.8 Å². The van der Waals surface area contributed by atoms with E-state index < -0.39 is 11.2 Å². The van der Waals surface area contributed by atoms with Gasteiger partial charge in [0, 0.05) is 18.0 Å². The highest BCUT2D eigenvalue weighted by molar-refractivity contribution is 8.01. The molecule has 0 saturated carbocycles. The fourth-order valence-electron chi connectivity index (χ4n) is 3.38. The van der Waals surface area contributed by atoms with Crippen molar-refractivity contribution < 1.29 is 19.1 Å². The van der Waals surface area contributed by atoms with Crippen LogP contribution in [-0.4, -0.2) is 41.1 Å². The summed E-state index contributed by atoms with van der Waals surface area (Å²) in [6, 6.07) is 15.5. The van der Waals surface area contributed by atoms with Gasteiger partial charge in [0.05, 0.1) is 17.4 Å². The molecule has 7 heteroatoms. The van der Waals surface area contributed by atoms with Gasteiger partial charge in [-0.1, -0.05) is 36.4 Å². The highest BCUT2D eigenvalue weighted by Crippen LogP contribution is 2.36. The maximum atomic E-state index is 12.4. The first-order valence-electron chi connectivity index (χ1n) is 9.17. The number of ether oxygens (including phenoxy) is 1. The number of rotatable bonds is 4. The first-order chi connectivity index (χ1) is 13.6. The van der Waals surface area contributed by atoms with E-state index in [1.54, 1.807) is 4.90 Å². The van der Waals surface area contributed by atoms with Crippen LogP contribution in [0.1, 0.15) is 17.5 Å². The van der Waals surface area contributed by atoms with Gasteiger partial charge in [-0.25, -0.2) is 0 Å². The first kappa shape index (κ1) is 18.6. The first-order valence-corrected chi connectivity index (χ1v) is 10.0. The number of hydrogen-bond donors (Lipinski definition) is 1. The molecule has 0 spiro atoms. The predicted molar refractivity (Wildman–Crippen MR) is 106 cm³/mol. The zero-order valence-electron chi connectivity index (χ0n) is 15.2. The van der Waals surface area contributed by atoms with Crippen molar-refractivity contribution in [3.8, 4) is 0 Å². The van der Waals surface area contributed by atoms with E-state index in [0.717, 1.165) is 22.6 Å². The molecule has 28 heavy (non-hydrogen) atoms. The number of nitrogens with one attached hydrogen (secondary N) is 1. The summed E-state index contributed by atoms with van der Waals surface area (Å²) in [7, 11) is 0. The minimum atomic E-state index is -0.556. The average molecular weight is 396 g/mol. The summed E-state index contributed by atoms with van der Waals surface area (Å²) >= 11 is 1.34. The summed E-state index contributed by atoms with van der Waals surface area (Å²) in [6.07, 6.45) is 0.731. The van der Waals surface area contributed by atoms with Crippen LogP contribution in [0.3, 0.4) is 0 Å². The van der Waals surface area contributed by atoms with E-state index in [4.69, 9.17) is 4.74 Å². The Kier molecular flexibility index (Phi) is 5.34. The van der Waals surface area contributed by atoms with Gasteiger partial charge in [0.25, 0.3) is 5.91 Å². The second-order valence-corrected chi connectivity index (χ2v) is 8.04. The van der Waals surface area contributed by atoms with Gasteiger partial charge in [0.1, 0.15) is 0 Å². The summed E-state index contributed by atoms with van der Waals surface area (Å²) in [5.74, 6) is -0.980. The zero-order valence-corrected chi connectivity index (χ0v) is 16.0. The van der Waals surface area contributed by atoms with E-state index in [0.29, 0.717) is 13.1 Å². The Morgan fingerprint density at radius 1 is 1.11 bits per heavy atom. The third kappa shape index (κ3) is 4.04. The molecule has 2 aromatic carbocycles. The quantitative estimate of drug-likeness (QED) is 0.804. The van der Waals surface area contributed by atoms with Crippen molar-refractivity contribution in [3.63, 3.8) is 0 Å². The number of carbonyl (C=O) groups is 3. The number of nitrogens with zero attached hydrogens (tertiary/aromatic N) is 1. The molecule has 2 aliphatic rings. The van der Waals surface area contributed by atoms with Crippen molar-refractivity contribution in [1.29, 1.82) is 0 Å². The van der Waals surface area contributed by atoms with Crippen LogP contribution in [-0.2, 0) is 32.1 Å². The lowest BCUT2D eigenvalue weighted by Crippen LogP contribution is -2.39. The Bertz CT molecular complexity index is 930. The van der Waals surface area contributed by atoms with Crippen LogP contribution in [0, 0.1) is 0 Å². The fourth-order valence-corrected chi connectivity index (χ4v) is 4.47. The molecule has 144 valence electrons. The Labute approximate surface area is 167 Å². The molecular formula is C21H20N2O4S. The molecule has 0 saturated heterocycles. The van der Waals surface area contributed by atoms with Crippen LogP contribution in [0.5, 0.6) is 0 Å². The molecule has 1 atom stereocenters. The van der Waals surface area contributed by atoms with Crippen molar-refractivity contribution in [2.75, 3.05) is 18.5 Å². The van der Waals surface area contributed by atoms with Crippen molar-refractivity contribution >= 4 is 35.2 Å². The number of fused-ring (bicyclic) bond motifs is 2. The number of anilines is 1. The summed E-state index contributed by atoms with van der Waals surface area (Å²) < 4.78 is 5.16. The summed E-state index contributed by atoms with van der Waals surface area (Å²) in [5, 5.41) is 2.24. The van der Waals surface area contributed by atoms with Crippen molar-refractivity contribution in [1.82, 2.24) is 4.90 Å². The second kappa shape index (κ2) is 8.06. The topological polar surface area (TPSA) is 75.7 Å². The molecule has 4 rings (SSSR count). The lowest BCUT2D eigenvalue weighted by Gasteiger charge is -2.28. The van der Waals surface area contributed by atoms with Gasteiger partial charge >= 0.3 is 5.97 Å². The van der Waals surface area contributed by atoms with Gasteiger partial charge in [-0.2, -0.15) is 0 Å². The number of thioether (sulfide) groups is 1. The number of hydrogen-bond acceptors (Lipinski definition) is 5. The molecule has 2 heterocycles. The maximum Gasteiger partial charge on any atom is 0.307 e. The van der Waals surface area contributed by atoms with Gasteiger partial charge in [0.15, 0.2) is 6.61 Å². The Balaban J connectivity index is 1.28. The molecule has 1 N–H and O–H groups in total. The van der Waals surface area contributed by atoms with Crippen LogP contribution >= 0.6 is 11.8 Å². The van der Waals surface area contributed by atoms with Crippen molar-refractivity contribution in [3.05, 3.63) is 59.7 Å². The highest BCUT2D eigenvalue weighted by atomic mass is 32.2. The number of para-hydroxylation sites is 1. The molecule has 0 unspecified atom stereocenters.